The van der Waals surface area contributed by atoms with Crippen molar-refractivity contribution in [3.8, 4) is 0 Å². The van der Waals surface area contributed by atoms with Crippen LogP contribution in [0, 0.1) is 0 Å². The summed E-state index contributed by atoms with van der Waals surface area (Å²) in [7, 11) is 6.58. The Hall–Kier alpha value is 0.870. The van der Waals surface area contributed by atoms with Crippen LogP contribution < -0.4 is 0 Å². The van der Waals surface area contributed by atoms with Crippen LogP contribution in [0.3, 0.4) is 0 Å². The number of hydrogen-bond acceptors (Lipinski definition) is 5. The van der Waals surface area contributed by atoms with Gasteiger partial charge in [0, 0.05) is 0 Å². The lowest BCUT2D eigenvalue weighted by atomic mass is 10.5. The largest absolute Gasteiger partial charge is 0.481 e. The Bertz CT molecular complexity index is 110. The van der Waals surface area contributed by atoms with Crippen molar-refractivity contribution in [2.24, 2.45) is 0 Å². The molecule has 0 amide bonds. The molecule has 0 bridgehead atoms. The van der Waals surface area contributed by atoms with Gasteiger partial charge in [0.25, 0.3) is 0 Å². The molecule has 0 spiro atoms. The van der Waals surface area contributed by atoms with Crippen molar-refractivity contribution in [3.05, 3.63) is 0 Å². The molecule has 1 rings (SSSR count). The standard InChI is InChI=1S/C3H4O2S4/c4-2(5)1-3-6-8-9-7-3/h3H,1H2,(H,4,5). The molecule has 6 heteroatoms. The van der Waals surface area contributed by atoms with Crippen molar-refractivity contribution < 1.29 is 9.90 Å². The van der Waals surface area contributed by atoms with E-state index in [0.717, 1.165) is 0 Å². The van der Waals surface area contributed by atoms with Crippen molar-refractivity contribution in [2.75, 3.05) is 0 Å². The molecule has 1 N–H and O–H groups in total. The number of carbonyl (C=O) groups is 1. The molecule has 0 aliphatic carbocycles. The van der Waals surface area contributed by atoms with Gasteiger partial charge in [-0.25, -0.2) is 0 Å². The second-order valence-electron chi connectivity index (χ2n) is 1.36. The molecule has 52 valence electrons. The molecule has 1 saturated heterocycles. The number of carboxylic acid groups (broad SMARTS) is 1. The maximum Gasteiger partial charge on any atom is 0.305 e. The third-order valence-corrected chi connectivity index (χ3v) is 8.39. The Morgan fingerprint density at radius 2 is 2.00 bits per heavy atom. The van der Waals surface area contributed by atoms with Crippen LogP contribution in [0.1, 0.15) is 6.42 Å². The molecular weight excluding hydrogens is 196 g/mol. The van der Waals surface area contributed by atoms with E-state index in [-0.39, 0.29) is 11.0 Å². The maximum atomic E-state index is 10.1. The van der Waals surface area contributed by atoms with Crippen LogP contribution in [0.2, 0.25) is 0 Å². The van der Waals surface area contributed by atoms with Crippen LogP contribution in [-0.4, -0.2) is 15.7 Å². The fourth-order valence-corrected chi connectivity index (χ4v) is 9.04. The zero-order chi connectivity index (χ0) is 6.69. The summed E-state index contributed by atoms with van der Waals surface area (Å²) in [6.07, 6.45) is 0.273. The summed E-state index contributed by atoms with van der Waals surface area (Å²) >= 11 is 0. The lowest BCUT2D eigenvalue weighted by Crippen LogP contribution is -2.01. The summed E-state index contributed by atoms with van der Waals surface area (Å²) in [6.45, 7) is 0. The maximum absolute atomic E-state index is 10.1. The molecule has 2 nitrogen and oxygen atoms in total. The van der Waals surface area contributed by atoms with E-state index < -0.39 is 5.97 Å². The van der Waals surface area contributed by atoms with Crippen LogP contribution in [0.15, 0.2) is 0 Å². The fraction of sp³-hybridized carbons (Fsp3) is 0.667. The van der Waals surface area contributed by atoms with E-state index in [1.54, 1.807) is 41.2 Å². The van der Waals surface area contributed by atoms with E-state index in [4.69, 9.17) is 5.11 Å². The number of hydrogen-bond donors (Lipinski definition) is 1. The van der Waals surface area contributed by atoms with E-state index in [1.807, 2.05) is 0 Å². The first-order chi connectivity index (χ1) is 4.29. The Labute approximate surface area is 68.1 Å². The van der Waals surface area contributed by atoms with Crippen molar-refractivity contribution >= 4 is 47.2 Å². The zero-order valence-corrected chi connectivity index (χ0v) is 7.54. The smallest absolute Gasteiger partial charge is 0.305 e. The Balaban J connectivity index is 2.19. The molecule has 1 fully saturated rings. The molecular formula is C3H4O2S4. The van der Waals surface area contributed by atoms with E-state index in [0.29, 0.717) is 0 Å². The molecule has 1 aliphatic rings. The van der Waals surface area contributed by atoms with Gasteiger partial charge >= 0.3 is 5.97 Å². The second-order valence-corrected chi connectivity index (χ2v) is 7.87. The molecule has 0 aromatic carbocycles. The molecule has 9 heavy (non-hydrogen) atoms. The summed E-state index contributed by atoms with van der Waals surface area (Å²) in [5.41, 5.74) is 0. The van der Waals surface area contributed by atoms with Crippen molar-refractivity contribution in [1.29, 1.82) is 0 Å². The highest BCUT2D eigenvalue weighted by atomic mass is 33.7. The van der Waals surface area contributed by atoms with Gasteiger partial charge in [-0.1, -0.05) is 21.6 Å². The van der Waals surface area contributed by atoms with Gasteiger partial charge in [-0.05, 0) is 19.7 Å². The van der Waals surface area contributed by atoms with Crippen molar-refractivity contribution in [2.45, 2.75) is 11.0 Å². The molecule has 0 saturated carbocycles. The third-order valence-electron chi connectivity index (χ3n) is 0.662. The highest BCUT2D eigenvalue weighted by Gasteiger charge is 2.20. The molecule has 1 heterocycles. The predicted octanol–water partition coefficient (Wildman–Crippen LogP) is 2.48. The van der Waals surface area contributed by atoms with Gasteiger partial charge in [-0.3, -0.25) is 4.79 Å². The van der Waals surface area contributed by atoms with Crippen LogP contribution in [0.25, 0.3) is 0 Å². The summed E-state index contributed by atoms with van der Waals surface area (Å²) in [5, 5.41) is 8.33. The summed E-state index contributed by atoms with van der Waals surface area (Å²) in [5.74, 6) is -0.705. The number of rotatable bonds is 2. The molecule has 0 atom stereocenters. The zero-order valence-electron chi connectivity index (χ0n) is 4.27. The van der Waals surface area contributed by atoms with E-state index in [9.17, 15) is 4.79 Å². The lowest BCUT2D eigenvalue weighted by molar-refractivity contribution is -0.136. The van der Waals surface area contributed by atoms with Gasteiger partial charge in [-0.2, -0.15) is 0 Å². The van der Waals surface area contributed by atoms with E-state index in [2.05, 4.69) is 0 Å². The van der Waals surface area contributed by atoms with Gasteiger partial charge in [0.1, 0.15) is 0 Å². The van der Waals surface area contributed by atoms with E-state index >= 15 is 0 Å². The normalized spacial score (nSPS) is 20.4. The highest BCUT2D eigenvalue weighted by molar-refractivity contribution is 9.31. The third kappa shape index (κ3) is 2.97. The predicted molar refractivity (Wildman–Crippen MR) is 46.4 cm³/mol. The minimum atomic E-state index is -0.705. The Morgan fingerprint density at radius 1 is 1.44 bits per heavy atom. The topological polar surface area (TPSA) is 37.3 Å². The van der Waals surface area contributed by atoms with Crippen molar-refractivity contribution in [3.63, 3.8) is 0 Å². The van der Waals surface area contributed by atoms with Gasteiger partial charge < -0.3 is 5.11 Å². The summed E-state index contributed by atoms with van der Waals surface area (Å²) in [4.78, 5) is 10.1. The first-order valence-electron chi connectivity index (χ1n) is 2.16. The Kier molecular flexibility index (Phi) is 3.45. The van der Waals surface area contributed by atoms with E-state index in [1.165, 1.54) is 0 Å². The van der Waals surface area contributed by atoms with Gasteiger partial charge in [0.05, 0.1) is 11.0 Å². The van der Waals surface area contributed by atoms with Crippen LogP contribution >= 0.6 is 41.2 Å². The lowest BCUT2D eigenvalue weighted by Gasteiger charge is -1.97. The summed E-state index contributed by atoms with van der Waals surface area (Å²) in [6, 6.07) is 0. The average molecular weight is 200 g/mol. The minimum absolute atomic E-state index is 0.248. The fourth-order valence-electron chi connectivity index (χ4n) is 0.346. The first kappa shape index (κ1) is 7.97. The van der Waals surface area contributed by atoms with Gasteiger partial charge in [0.2, 0.25) is 0 Å². The first-order valence-corrected chi connectivity index (χ1v) is 7.10. The SMILES string of the molecule is O=C(O)CC1SSSS1. The second kappa shape index (κ2) is 3.90. The quantitative estimate of drug-likeness (QED) is 0.690. The molecule has 0 aromatic heterocycles. The molecule has 0 radical (unpaired) electrons. The molecule has 0 unspecified atom stereocenters. The van der Waals surface area contributed by atoms with Crippen LogP contribution in [-0.2, 0) is 4.79 Å². The Morgan fingerprint density at radius 3 is 2.44 bits per heavy atom. The average Bonchev–Trinajstić information content (AvgIpc) is 2.15. The highest BCUT2D eigenvalue weighted by Crippen LogP contribution is 2.59. The summed E-state index contributed by atoms with van der Waals surface area (Å²) < 4.78 is 0.248. The van der Waals surface area contributed by atoms with Crippen LogP contribution in [0.5, 0.6) is 0 Å². The van der Waals surface area contributed by atoms with Crippen LogP contribution in [0.4, 0.5) is 0 Å². The number of aliphatic carboxylic acids is 1. The van der Waals surface area contributed by atoms with Crippen molar-refractivity contribution in [1.82, 2.24) is 0 Å². The van der Waals surface area contributed by atoms with Gasteiger partial charge in [0.15, 0.2) is 0 Å². The van der Waals surface area contributed by atoms with Gasteiger partial charge in [-0.15, -0.1) is 0 Å². The minimum Gasteiger partial charge on any atom is -0.481 e. The monoisotopic (exact) mass is 200 g/mol. The molecule has 0 aromatic rings. The molecule has 1 aliphatic heterocycles. The number of carboxylic acids is 1.